The number of hydrogen-bond acceptors (Lipinski definition) is 3. The van der Waals surface area contributed by atoms with Crippen molar-refractivity contribution >= 4 is 5.91 Å². The first-order chi connectivity index (χ1) is 10.1. The average Bonchev–Trinajstić information content (AvgIpc) is 2.50. The van der Waals surface area contributed by atoms with Crippen molar-refractivity contribution in [1.82, 2.24) is 10.2 Å². The number of benzene rings is 1. The molecular weight excluding hydrogens is 264 g/mol. The second-order valence-corrected chi connectivity index (χ2v) is 6.11. The largest absolute Gasteiger partial charge is 0.508 e. The zero-order valence-corrected chi connectivity index (χ0v) is 13.1. The summed E-state index contributed by atoms with van der Waals surface area (Å²) in [6.45, 7) is 4.60. The van der Waals surface area contributed by atoms with Gasteiger partial charge in [-0.25, -0.2) is 0 Å². The molecule has 0 aromatic heterocycles. The minimum atomic E-state index is -0.189. The van der Waals surface area contributed by atoms with E-state index in [1.165, 1.54) is 0 Å². The molecule has 0 bridgehead atoms. The summed E-state index contributed by atoms with van der Waals surface area (Å²) >= 11 is 0. The van der Waals surface area contributed by atoms with Crippen molar-refractivity contribution in [3.63, 3.8) is 0 Å². The SMILES string of the molecule is CCCC1(C(=O)N(C)Cc2ccc(O)cc2)CCNCC1. The summed E-state index contributed by atoms with van der Waals surface area (Å²) in [5, 5.41) is 12.7. The number of phenols is 1. The van der Waals surface area contributed by atoms with E-state index >= 15 is 0 Å². The van der Waals surface area contributed by atoms with Crippen LogP contribution in [0.4, 0.5) is 0 Å². The van der Waals surface area contributed by atoms with Gasteiger partial charge in [-0.15, -0.1) is 0 Å². The highest BCUT2D eigenvalue weighted by atomic mass is 16.3. The molecule has 1 aromatic carbocycles. The summed E-state index contributed by atoms with van der Waals surface area (Å²) in [4.78, 5) is 14.8. The zero-order valence-electron chi connectivity index (χ0n) is 13.1. The highest BCUT2D eigenvalue weighted by Gasteiger charge is 2.40. The van der Waals surface area contributed by atoms with Gasteiger partial charge in [0.2, 0.25) is 5.91 Å². The summed E-state index contributed by atoms with van der Waals surface area (Å²) < 4.78 is 0. The van der Waals surface area contributed by atoms with Gasteiger partial charge >= 0.3 is 0 Å². The predicted octanol–water partition coefficient (Wildman–Crippen LogP) is 2.52. The van der Waals surface area contributed by atoms with Gasteiger partial charge in [0.1, 0.15) is 5.75 Å². The molecule has 0 spiro atoms. The number of rotatable bonds is 5. The van der Waals surface area contributed by atoms with Gasteiger partial charge in [0.15, 0.2) is 0 Å². The molecule has 1 amide bonds. The lowest BCUT2D eigenvalue weighted by molar-refractivity contribution is -0.143. The Kier molecular flexibility index (Phi) is 5.23. The molecule has 4 nitrogen and oxygen atoms in total. The Labute approximate surface area is 127 Å². The number of nitrogens with zero attached hydrogens (tertiary/aromatic N) is 1. The fourth-order valence-corrected chi connectivity index (χ4v) is 3.31. The van der Waals surface area contributed by atoms with Crippen LogP contribution in [-0.2, 0) is 11.3 Å². The third-order valence-electron chi connectivity index (χ3n) is 4.45. The van der Waals surface area contributed by atoms with E-state index < -0.39 is 0 Å². The number of carbonyl (C=O) groups is 1. The van der Waals surface area contributed by atoms with E-state index in [2.05, 4.69) is 12.2 Å². The molecule has 0 saturated carbocycles. The molecule has 116 valence electrons. The van der Waals surface area contributed by atoms with E-state index in [1.54, 1.807) is 12.1 Å². The molecule has 1 fully saturated rings. The second-order valence-electron chi connectivity index (χ2n) is 6.11. The molecule has 1 aliphatic rings. The van der Waals surface area contributed by atoms with Crippen LogP contribution < -0.4 is 5.32 Å². The van der Waals surface area contributed by atoms with Gasteiger partial charge in [-0.2, -0.15) is 0 Å². The summed E-state index contributed by atoms with van der Waals surface area (Å²) in [5.41, 5.74) is 0.857. The molecule has 1 saturated heterocycles. The molecule has 1 aliphatic heterocycles. The lowest BCUT2D eigenvalue weighted by Crippen LogP contribution is -2.47. The summed E-state index contributed by atoms with van der Waals surface area (Å²) in [6.07, 6.45) is 3.87. The summed E-state index contributed by atoms with van der Waals surface area (Å²) in [6, 6.07) is 7.07. The van der Waals surface area contributed by atoms with Gasteiger partial charge in [-0.1, -0.05) is 25.5 Å². The monoisotopic (exact) mass is 290 g/mol. The third kappa shape index (κ3) is 3.76. The quantitative estimate of drug-likeness (QED) is 0.876. The van der Waals surface area contributed by atoms with Crippen LogP contribution in [0.3, 0.4) is 0 Å². The van der Waals surface area contributed by atoms with Crippen LogP contribution in [0.1, 0.15) is 38.2 Å². The minimum absolute atomic E-state index is 0.189. The van der Waals surface area contributed by atoms with E-state index in [-0.39, 0.29) is 17.1 Å². The Balaban J connectivity index is 2.07. The van der Waals surface area contributed by atoms with Gasteiger partial charge in [0.05, 0.1) is 5.41 Å². The zero-order chi connectivity index (χ0) is 15.3. The smallest absolute Gasteiger partial charge is 0.228 e. The van der Waals surface area contributed by atoms with E-state index in [0.29, 0.717) is 6.54 Å². The number of hydrogen-bond donors (Lipinski definition) is 2. The van der Waals surface area contributed by atoms with Crippen molar-refractivity contribution in [1.29, 1.82) is 0 Å². The normalized spacial score (nSPS) is 17.4. The number of piperidine rings is 1. The highest BCUT2D eigenvalue weighted by Crippen LogP contribution is 2.36. The number of phenolic OH excluding ortho intramolecular Hbond substituents is 1. The molecule has 0 radical (unpaired) electrons. The van der Waals surface area contributed by atoms with Crippen molar-refractivity contribution in [3.05, 3.63) is 29.8 Å². The first kappa shape index (κ1) is 15.8. The molecule has 0 atom stereocenters. The molecule has 0 aliphatic carbocycles. The van der Waals surface area contributed by atoms with Crippen molar-refractivity contribution in [2.45, 2.75) is 39.2 Å². The first-order valence-corrected chi connectivity index (χ1v) is 7.81. The van der Waals surface area contributed by atoms with E-state index in [4.69, 9.17) is 0 Å². The van der Waals surface area contributed by atoms with Crippen LogP contribution in [0.5, 0.6) is 5.75 Å². The van der Waals surface area contributed by atoms with Crippen molar-refractivity contribution in [2.75, 3.05) is 20.1 Å². The number of aromatic hydroxyl groups is 1. The van der Waals surface area contributed by atoms with E-state index in [0.717, 1.165) is 44.3 Å². The van der Waals surface area contributed by atoms with Gasteiger partial charge < -0.3 is 15.3 Å². The summed E-state index contributed by atoms with van der Waals surface area (Å²) in [5.74, 6) is 0.521. The van der Waals surface area contributed by atoms with Crippen LogP contribution in [0.2, 0.25) is 0 Å². The third-order valence-corrected chi connectivity index (χ3v) is 4.45. The molecule has 1 aromatic rings. The number of amides is 1. The predicted molar refractivity (Wildman–Crippen MR) is 84.0 cm³/mol. The van der Waals surface area contributed by atoms with Crippen LogP contribution in [0.15, 0.2) is 24.3 Å². The van der Waals surface area contributed by atoms with Gasteiger partial charge in [-0.3, -0.25) is 4.79 Å². The van der Waals surface area contributed by atoms with Crippen LogP contribution in [0.25, 0.3) is 0 Å². The molecular formula is C17H26N2O2. The van der Waals surface area contributed by atoms with Crippen LogP contribution in [0, 0.1) is 5.41 Å². The maximum Gasteiger partial charge on any atom is 0.228 e. The molecule has 21 heavy (non-hydrogen) atoms. The summed E-state index contributed by atoms with van der Waals surface area (Å²) in [7, 11) is 1.88. The molecule has 4 heteroatoms. The van der Waals surface area contributed by atoms with E-state index in [1.807, 2.05) is 24.1 Å². The second kappa shape index (κ2) is 6.94. The Morgan fingerprint density at radius 3 is 2.48 bits per heavy atom. The lowest BCUT2D eigenvalue weighted by atomic mass is 9.74. The molecule has 2 N–H and O–H groups in total. The molecule has 0 unspecified atom stereocenters. The maximum atomic E-state index is 12.9. The Hall–Kier alpha value is -1.55. The standard InChI is InChI=1S/C17H26N2O2/c1-3-8-17(9-11-18-12-10-17)16(21)19(2)13-14-4-6-15(20)7-5-14/h4-7,18,20H,3,8-13H2,1-2H3. The van der Waals surface area contributed by atoms with Crippen LogP contribution >= 0.6 is 0 Å². The fourth-order valence-electron chi connectivity index (χ4n) is 3.31. The lowest BCUT2D eigenvalue weighted by Gasteiger charge is -2.39. The van der Waals surface area contributed by atoms with Crippen LogP contribution in [-0.4, -0.2) is 36.1 Å². The molecule has 2 rings (SSSR count). The van der Waals surface area contributed by atoms with Gasteiger partial charge in [0, 0.05) is 13.6 Å². The number of nitrogens with one attached hydrogen (secondary N) is 1. The topological polar surface area (TPSA) is 52.6 Å². The van der Waals surface area contributed by atoms with Crippen molar-refractivity contribution < 1.29 is 9.90 Å². The van der Waals surface area contributed by atoms with Gasteiger partial charge in [0.25, 0.3) is 0 Å². The molecule has 1 heterocycles. The number of carbonyl (C=O) groups excluding carboxylic acids is 1. The van der Waals surface area contributed by atoms with E-state index in [9.17, 15) is 9.90 Å². The fraction of sp³-hybridized carbons (Fsp3) is 0.588. The Bertz CT molecular complexity index is 459. The Morgan fingerprint density at radius 1 is 1.29 bits per heavy atom. The average molecular weight is 290 g/mol. The Morgan fingerprint density at radius 2 is 1.90 bits per heavy atom. The first-order valence-electron chi connectivity index (χ1n) is 7.81. The van der Waals surface area contributed by atoms with Crippen molar-refractivity contribution in [3.8, 4) is 5.75 Å². The van der Waals surface area contributed by atoms with Gasteiger partial charge in [-0.05, 0) is 50.0 Å². The minimum Gasteiger partial charge on any atom is -0.508 e. The maximum absolute atomic E-state index is 12.9. The van der Waals surface area contributed by atoms with Crippen molar-refractivity contribution in [2.24, 2.45) is 5.41 Å². The highest BCUT2D eigenvalue weighted by molar-refractivity contribution is 5.82.